The van der Waals surface area contributed by atoms with Crippen LogP contribution in [0.5, 0.6) is 0 Å². The molecule has 21 heavy (non-hydrogen) atoms. The Hall–Kier alpha value is -1.07. The molecule has 112 valence electrons. The Morgan fingerprint density at radius 2 is 1.81 bits per heavy atom. The summed E-state index contributed by atoms with van der Waals surface area (Å²) < 4.78 is 2.43. The van der Waals surface area contributed by atoms with Crippen molar-refractivity contribution >= 4 is 13.4 Å². The summed E-state index contributed by atoms with van der Waals surface area (Å²) in [6.07, 6.45) is 4.77. The van der Waals surface area contributed by atoms with Crippen LogP contribution in [0.25, 0.3) is 5.69 Å². The number of benzene rings is 1. The molecular weight excluding hydrogens is 273 g/mol. The topological polar surface area (TPSA) is 4.93 Å². The maximum absolute atomic E-state index is 2.44. The Kier molecular flexibility index (Phi) is 3.53. The van der Waals surface area contributed by atoms with E-state index in [1.165, 1.54) is 29.3 Å². The first-order valence-corrected chi connectivity index (χ1v) is 9.44. The van der Waals surface area contributed by atoms with Crippen LogP contribution in [0.15, 0.2) is 42.6 Å². The predicted octanol–water partition coefficient (Wildman–Crippen LogP) is 5.27. The Morgan fingerprint density at radius 3 is 2.52 bits per heavy atom. The minimum atomic E-state index is -0.211. The summed E-state index contributed by atoms with van der Waals surface area (Å²) in [5.74, 6) is 0. The minimum Gasteiger partial charge on any atom is -0.317 e. The number of hydrogen-bond acceptors (Lipinski definition) is 0. The summed E-state index contributed by atoms with van der Waals surface area (Å²) >= 11 is 0. The molecule has 0 radical (unpaired) electrons. The normalized spacial score (nSPS) is 20.0. The second-order valence-corrected chi connectivity index (χ2v) is 10.2. The van der Waals surface area contributed by atoms with Crippen LogP contribution in [0.1, 0.15) is 46.6 Å². The molecule has 1 unspecified atom stereocenters. The van der Waals surface area contributed by atoms with E-state index in [4.69, 9.17) is 0 Å². The van der Waals surface area contributed by atoms with E-state index in [0.29, 0.717) is 5.41 Å². The molecule has 1 aliphatic heterocycles. The van der Waals surface area contributed by atoms with Crippen molar-refractivity contribution in [2.24, 2.45) is 5.41 Å². The summed E-state index contributed by atoms with van der Waals surface area (Å²) in [5.41, 5.74) is 4.82. The number of para-hydroxylation sites is 1. The largest absolute Gasteiger partial charge is 0.317 e. The van der Waals surface area contributed by atoms with Gasteiger partial charge >= 0.3 is 0 Å². The van der Waals surface area contributed by atoms with Crippen LogP contribution < -0.4 is 5.44 Å². The highest BCUT2D eigenvalue weighted by Crippen LogP contribution is 2.61. The Labute approximate surface area is 130 Å². The van der Waals surface area contributed by atoms with E-state index in [0.717, 1.165) is 0 Å². The number of rotatable bonds is 3. The van der Waals surface area contributed by atoms with Gasteiger partial charge in [0.2, 0.25) is 0 Å². The van der Waals surface area contributed by atoms with Crippen LogP contribution in [0.2, 0.25) is 0 Å². The second kappa shape index (κ2) is 4.99. The molecular formula is C19H26NP. The third-order valence-corrected chi connectivity index (χ3v) is 8.72. The Bertz CT molecular complexity index is 651. The molecule has 2 heteroatoms. The van der Waals surface area contributed by atoms with Crippen molar-refractivity contribution in [3.05, 3.63) is 48.2 Å². The standard InChI is InChI=1S/C19H26NP/c1-6-18(2,3)14-21-17-12-9-13-20(17)16-11-8-7-10-15(16)19(21,4)5/h7-13H,6,14H2,1-5H3. The average molecular weight is 299 g/mol. The van der Waals surface area contributed by atoms with Crippen LogP contribution >= 0.6 is 7.92 Å². The van der Waals surface area contributed by atoms with E-state index in [2.05, 4.69) is 81.8 Å². The van der Waals surface area contributed by atoms with Gasteiger partial charge in [0.05, 0.1) is 0 Å². The highest BCUT2D eigenvalue weighted by atomic mass is 31.1. The molecule has 0 saturated heterocycles. The van der Waals surface area contributed by atoms with Crippen molar-refractivity contribution in [3.63, 3.8) is 0 Å². The molecule has 1 aliphatic rings. The summed E-state index contributed by atoms with van der Waals surface area (Å²) in [7, 11) is -0.211. The Morgan fingerprint density at radius 1 is 1.10 bits per heavy atom. The van der Waals surface area contributed by atoms with E-state index >= 15 is 0 Å². The van der Waals surface area contributed by atoms with Crippen LogP contribution in [0.3, 0.4) is 0 Å². The molecule has 1 nitrogen and oxygen atoms in total. The number of fused-ring (bicyclic) bond motifs is 3. The molecule has 1 aromatic heterocycles. The van der Waals surface area contributed by atoms with Crippen molar-refractivity contribution in [3.8, 4) is 5.69 Å². The van der Waals surface area contributed by atoms with Crippen molar-refractivity contribution in [2.75, 3.05) is 6.16 Å². The van der Waals surface area contributed by atoms with Crippen molar-refractivity contribution < 1.29 is 0 Å². The summed E-state index contributed by atoms with van der Waals surface area (Å²) in [6.45, 7) is 12.0. The monoisotopic (exact) mass is 299 g/mol. The van der Waals surface area contributed by atoms with Gasteiger partial charge in [-0.05, 0) is 43.3 Å². The zero-order valence-corrected chi connectivity index (χ0v) is 14.7. The number of hydrogen-bond donors (Lipinski definition) is 0. The zero-order valence-electron chi connectivity index (χ0n) is 13.9. The van der Waals surface area contributed by atoms with Gasteiger partial charge in [0, 0.05) is 22.5 Å². The van der Waals surface area contributed by atoms with E-state index in [1.807, 2.05) is 0 Å². The smallest absolute Gasteiger partial charge is 0.0497 e. The first-order chi connectivity index (χ1) is 9.87. The van der Waals surface area contributed by atoms with E-state index in [1.54, 1.807) is 0 Å². The van der Waals surface area contributed by atoms with Gasteiger partial charge in [0.1, 0.15) is 0 Å². The Balaban J connectivity index is 2.15. The lowest BCUT2D eigenvalue weighted by molar-refractivity contribution is 0.402. The molecule has 0 spiro atoms. The van der Waals surface area contributed by atoms with Gasteiger partial charge in [-0.1, -0.05) is 59.2 Å². The van der Waals surface area contributed by atoms with Crippen LogP contribution in [-0.2, 0) is 5.16 Å². The molecule has 2 heterocycles. The summed E-state index contributed by atoms with van der Waals surface area (Å²) in [4.78, 5) is 0. The van der Waals surface area contributed by atoms with Crippen LogP contribution in [0, 0.1) is 5.41 Å². The lowest BCUT2D eigenvalue weighted by Crippen LogP contribution is -2.35. The second-order valence-electron chi connectivity index (χ2n) is 7.42. The third-order valence-electron chi connectivity index (χ3n) is 5.04. The van der Waals surface area contributed by atoms with Gasteiger partial charge in [-0.2, -0.15) is 0 Å². The van der Waals surface area contributed by atoms with Gasteiger partial charge in [0.25, 0.3) is 0 Å². The average Bonchev–Trinajstić information content (AvgIpc) is 2.93. The fraction of sp³-hybridized carbons (Fsp3) is 0.474. The molecule has 0 saturated carbocycles. The lowest BCUT2D eigenvalue weighted by Gasteiger charge is -2.44. The third kappa shape index (κ3) is 2.36. The predicted molar refractivity (Wildman–Crippen MR) is 94.3 cm³/mol. The molecule has 3 rings (SSSR count). The summed E-state index contributed by atoms with van der Waals surface area (Å²) in [5, 5.41) is 0.243. The SMILES string of the molecule is CCC(C)(C)CP1c2cccn2-c2ccccc2C1(C)C. The highest BCUT2D eigenvalue weighted by molar-refractivity contribution is 7.66. The number of nitrogens with zero attached hydrogens (tertiary/aromatic N) is 1. The first kappa shape index (κ1) is 14.9. The quantitative estimate of drug-likeness (QED) is 0.680. The van der Waals surface area contributed by atoms with Gasteiger partial charge in [0.15, 0.2) is 0 Å². The zero-order chi connectivity index (χ0) is 15.3. The van der Waals surface area contributed by atoms with Gasteiger partial charge < -0.3 is 4.57 Å². The minimum absolute atomic E-state index is 0.211. The van der Waals surface area contributed by atoms with Gasteiger partial charge in [-0.3, -0.25) is 0 Å². The van der Waals surface area contributed by atoms with Gasteiger partial charge in [-0.25, -0.2) is 0 Å². The molecule has 0 bridgehead atoms. The molecule has 0 amide bonds. The van der Waals surface area contributed by atoms with E-state index < -0.39 is 0 Å². The maximum Gasteiger partial charge on any atom is 0.0497 e. The molecule has 0 fully saturated rings. The van der Waals surface area contributed by atoms with E-state index in [9.17, 15) is 0 Å². The fourth-order valence-electron chi connectivity index (χ4n) is 3.25. The molecule has 1 aromatic carbocycles. The molecule has 1 atom stereocenters. The maximum atomic E-state index is 2.44. The highest BCUT2D eigenvalue weighted by Gasteiger charge is 2.41. The molecule has 2 aromatic rings. The molecule has 0 aliphatic carbocycles. The van der Waals surface area contributed by atoms with Crippen LogP contribution in [0.4, 0.5) is 0 Å². The van der Waals surface area contributed by atoms with E-state index in [-0.39, 0.29) is 13.1 Å². The van der Waals surface area contributed by atoms with Gasteiger partial charge in [-0.15, -0.1) is 0 Å². The molecule has 0 N–H and O–H groups in total. The van der Waals surface area contributed by atoms with Crippen molar-refractivity contribution in [2.45, 2.75) is 46.2 Å². The lowest BCUT2D eigenvalue weighted by atomic mass is 9.93. The first-order valence-electron chi connectivity index (χ1n) is 7.92. The summed E-state index contributed by atoms with van der Waals surface area (Å²) in [6, 6.07) is 13.5. The van der Waals surface area contributed by atoms with Crippen molar-refractivity contribution in [1.82, 2.24) is 4.57 Å². The van der Waals surface area contributed by atoms with Crippen molar-refractivity contribution in [1.29, 1.82) is 0 Å². The van der Waals surface area contributed by atoms with Crippen LogP contribution in [-0.4, -0.2) is 10.7 Å². The number of aromatic nitrogens is 1. The fourth-order valence-corrected chi connectivity index (χ4v) is 6.64.